The van der Waals surface area contributed by atoms with Gasteiger partial charge in [-0.05, 0) is 43.4 Å². The minimum atomic E-state index is -0.00802. The van der Waals surface area contributed by atoms with E-state index in [-0.39, 0.29) is 5.97 Å². The maximum Gasteiger partial charge on any atom is 0.306 e. The van der Waals surface area contributed by atoms with Crippen LogP contribution in [0.3, 0.4) is 0 Å². The Labute approximate surface area is 117 Å². The molecule has 4 unspecified atom stereocenters. The number of hydrogen-bond acceptors (Lipinski definition) is 3. The number of ether oxygens (including phenoxy) is 2. The predicted octanol–water partition coefficient (Wildman–Crippen LogP) is 3.56. The molecule has 1 saturated carbocycles. The molecule has 3 nitrogen and oxygen atoms in total. The lowest BCUT2D eigenvalue weighted by molar-refractivity contribution is -0.146. The topological polar surface area (TPSA) is 38.8 Å². The van der Waals surface area contributed by atoms with Crippen LogP contribution in [0.2, 0.25) is 0 Å². The van der Waals surface area contributed by atoms with E-state index in [1.54, 1.807) is 0 Å². The van der Waals surface area contributed by atoms with Gasteiger partial charge in [0.2, 0.25) is 0 Å². The van der Waals surface area contributed by atoms with E-state index in [0.29, 0.717) is 43.0 Å². The van der Waals surface area contributed by atoms with Gasteiger partial charge < -0.3 is 9.47 Å². The molecule has 0 N–H and O–H groups in total. The molecule has 2 fully saturated rings. The summed E-state index contributed by atoms with van der Waals surface area (Å²) in [5, 5.41) is 0. The summed E-state index contributed by atoms with van der Waals surface area (Å²) in [6, 6.07) is 0. The van der Waals surface area contributed by atoms with Crippen LogP contribution in [0.15, 0.2) is 0 Å². The van der Waals surface area contributed by atoms with Crippen LogP contribution < -0.4 is 0 Å². The Bertz CT molecular complexity index is 300. The number of carbonyl (C=O) groups excluding carboxylic acids is 1. The molecular formula is C16H28O3. The predicted molar refractivity (Wildman–Crippen MR) is 74.8 cm³/mol. The molecule has 0 spiro atoms. The first-order valence-electron chi connectivity index (χ1n) is 7.89. The molecule has 2 rings (SSSR count). The highest BCUT2D eigenvalue weighted by Gasteiger charge is 2.43. The van der Waals surface area contributed by atoms with E-state index in [1.165, 1.54) is 0 Å². The van der Waals surface area contributed by atoms with E-state index in [0.717, 1.165) is 32.1 Å². The first-order chi connectivity index (χ1) is 9.08. The van der Waals surface area contributed by atoms with Crippen molar-refractivity contribution < 1.29 is 14.3 Å². The van der Waals surface area contributed by atoms with Crippen molar-refractivity contribution in [2.45, 2.75) is 71.5 Å². The molecule has 0 aromatic rings. The third-order valence-electron chi connectivity index (χ3n) is 4.43. The van der Waals surface area contributed by atoms with Crippen molar-refractivity contribution in [1.29, 1.82) is 0 Å². The van der Waals surface area contributed by atoms with Crippen LogP contribution in [-0.4, -0.2) is 24.8 Å². The van der Waals surface area contributed by atoms with E-state index in [1.807, 2.05) is 0 Å². The molecule has 1 saturated heterocycles. The summed E-state index contributed by atoms with van der Waals surface area (Å²) in [4.78, 5) is 11.9. The van der Waals surface area contributed by atoms with Crippen molar-refractivity contribution in [3.05, 3.63) is 0 Å². The lowest BCUT2D eigenvalue weighted by Crippen LogP contribution is -2.21. The van der Waals surface area contributed by atoms with E-state index >= 15 is 0 Å². The normalized spacial score (nSPS) is 30.8. The molecule has 0 aromatic carbocycles. The van der Waals surface area contributed by atoms with Crippen LogP contribution in [0.25, 0.3) is 0 Å². The Morgan fingerprint density at radius 3 is 2.74 bits per heavy atom. The van der Waals surface area contributed by atoms with Crippen molar-refractivity contribution in [2.75, 3.05) is 6.61 Å². The number of rotatable bonds is 7. The smallest absolute Gasteiger partial charge is 0.306 e. The van der Waals surface area contributed by atoms with Gasteiger partial charge in [0.1, 0.15) is 0 Å². The summed E-state index contributed by atoms with van der Waals surface area (Å²) in [7, 11) is 0. The number of fused-ring (bicyclic) bond motifs is 1. The molecule has 1 heterocycles. The van der Waals surface area contributed by atoms with Crippen LogP contribution in [0.5, 0.6) is 0 Å². The zero-order chi connectivity index (χ0) is 13.8. The van der Waals surface area contributed by atoms with Crippen molar-refractivity contribution in [3.8, 4) is 0 Å². The van der Waals surface area contributed by atoms with E-state index in [2.05, 4.69) is 20.8 Å². The summed E-state index contributed by atoms with van der Waals surface area (Å²) < 4.78 is 11.0. The summed E-state index contributed by atoms with van der Waals surface area (Å²) in [6.07, 6.45) is 7.16. The fraction of sp³-hybridized carbons (Fsp3) is 0.938. The highest BCUT2D eigenvalue weighted by atomic mass is 16.6. The first-order valence-corrected chi connectivity index (χ1v) is 7.89. The highest BCUT2D eigenvalue weighted by molar-refractivity contribution is 5.69. The standard InChI is InChI=1S/C16H28O3/c1-4-12(7-11(2)3)9-16(17)18-10-13-5-6-14-15(8-13)19-14/h11-15H,4-10H2,1-3H3. The molecule has 0 bridgehead atoms. The Balaban J connectivity index is 1.62. The van der Waals surface area contributed by atoms with Gasteiger partial charge in [-0.3, -0.25) is 4.79 Å². The van der Waals surface area contributed by atoms with Crippen molar-refractivity contribution in [3.63, 3.8) is 0 Å². The summed E-state index contributed by atoms with van der Waals surface area (Å²) >= 11 is 0. The lowest BCUT2D eigenvalue weighted by atomic mass is 9.90. The van der Waals surface area contributed by atoms with Gasteiger partial charge in [-0.1, -0.05) is 27.2 Å². The summed E-state index contributed by atoms with van der Waals surface area (Å²) in [6.45, 7) is 7.18. The van der Waals surface area contributed by atoms with Gasteiger partial charge in [-0.25, -0.2) is 0 Å². The third-order valence-corrected chi connectivity index (χ3v) is 4.43. The van der Waals surface area contributed by atoms with Gasteiger partial charge in [0.15, 0.2) is 0 Å². The average Bonchev–Trinajstić information content (AvgIpc) is 3.13. The Morgan fingerprint density at radius 1 is 1.32 bits per heavy atom. The maximum atomic E-state index is 11.9. The summed E-state index contributed by atoms with van der Waals surface area (Å²) in [5.41, 5.74) is 0. The van der Waals surface area contributed by atoms with Gasteiger partial charge >= 0.3 is 5.97 Å². The third kappa shape index (κ3) is 4.79. The van der Waals surface area contributed by atoms with Gasteiger partial charge in [-0.2, -0.15) is 0 Å². The van der Waals surface area contributed by atoms with Crippen LogP contribution >= 0.6 is 0 Å². The quantitative estimate of drug-likeness (QED) is 0.523. The lowest BCUT2D eigenvalue weighted by Gasteiger charge is -2.20. The molecule has 1 aliphatic heterocycles. The molecule has 110 valence electrons. The van der Waals surface area contributed by atoms with Crippen molar-refractivity contribution in [2.24, 2.45) is 17.8 Å². The Morgan fingerprint density at radius 2 is 2.11 bits per heavy atom. The minimum Gasteiger partial charge on any atom is -0.465 e. The van der Waals surface area contributed by atoms with Crippen LogP contribution in [0, 0.1) is 17.8 Å². The molecule has 4 atom stereocenters. The molecule has 0 radical (unpaired) electrons. The van der Waals surface area contributed by atoms with Crippen LogP contribution in [-0.2, 0) is 14.3 Å². The van der Waals surface area contributed by atoms with E-state index in [4.69, 9.17) is 9.47 Å². The van der Waals surface area contributed by atoms with E-state index in [9.17, 15) is 4.79 Å². The Hall–Kier alpha value is -0.570. The second-order valence-electron chi connectivity index (χ2n) is 6.68. The highest BCUT2D eigenvalue weighted by Crippen LogP contribution is 2.39. The zero-order valence-corrected chi connectivity index (χ0v) is 12.6. The van der Waals surface area contributed by atoms with Crippen molar-refractivity contribution in [1.82, 2.24) is 0 Å². The maximum absolute atomic E-state index is 11.9. The molecule has 0 aromatic heterocycles. The van der Waals surface area contributed by atoms with Crippen molar-refractivity contribution >= 4 is 5.97 Å². The van der Waals surface area contributed by atoms with Gasteiger partial charge in [0, 0.05) is 6.42 Å². The van der Waals surface area contributed by atoms with Gasteiger partial charge in [0.05, 0.1) is 18.8 Å². The number of epoxide rings is 1. The SMILES string of the molecule is CCC(CC(=O)OCC1CCC2OC2C1)CC(C)C. The van der Waals surface area contributed by atoms with Gasteiger partial charge in [0.25, 0.3) is 0 Å². The molecule has 0 amide bonds. The fourth-order valence-electron chi connectivity index (χ4n) is 3.20. The Kier molecular flexibility index (Phi) is 5.26. The minimum absolute atomic E-state index is 0.00802. The monoisotopic (exact) mass is 268 g/mol. The second kappa shape index (κ2) is 6.74. The number of esters is 1. The molecule has 3 heteroatoms. The second-order valence-corrected chi connectivity index (χ2v) is 6.68. The fourth-order valence-corrected chi connectivity index (χ4v) is 3.20. The van der Waals surface area contributed by atoms with Gasteiger partial charge in [-0.15, -0.1) is 0 Å². The first kappa shape index (κ1) is 14.8. The molecule has 19 heavy (non-hydrogen) atoms. The number of hydrogen-bond donors (Lipinski definition) is 0. The van der Waals surface area contributed by atoms with Crippen LogP contribution in [0.1, 0.15) is 59.3 Å². The van der Waals surface area contributed by atoms with E-state index < -0.39 is 0 Å². The average molecular weight is 268 g/mol. The molecule has 2 aliphatic rings. The number of carbonyl (C=O) groups is 1. The zero-order valence-electron chi connectivity index (χ0n) is 12.6. The molecule has 1 aliphatic carbocycles. The molecular weight excluding hydrogens is 240 g/mol. The van der Waals surface area contributed by atoms with Crippen LogP contribution in [0.4, 0.5) is 0 Å². The summed E-state index contributed by atoms with van der Waals surface area (Å²) in [5.74, 6) is 1.65. The largest absolute Gasteiger partial charge is 0.465 e.